The maximum Gasteiger partial charge on any atom is 0.417 e. The Balaban J connectivity index is 2.59. The predicted octanol–water partition coefficient (Wildman–Crippen LogP) is 1.44. The number of carbonyl (C=O) groups excluding carboxylic acids is 1. The number of anilines is 1. The third-order valence-corrected chi connectivity index (χ3v) is 2.67. The van der Waals surface area contributed by atoms with Crippen molar-refractivity contribution in [1.82, 2.24) is 9.78 Å². The summed E-state index contributed by atoms with van der Waals surface area (Å²) < 4.78 is 39.6. The zero-order valence-electron chi connectivity index (χ0n) is 10.3. The lowest BCUT2D eigenvalue weighted by Crippen LogP contribution is -2.14. The zero-order valence-corrected chi connectivity index (χ0v) is 10.3. The van der Waals surface area contributed by atoms with E-state index >= 15 is 0 Å². The highest BCUT2D eigenvalue weighted by Gasteiger charge is 2.34. The number of nitrogens with two attached hydrogens (primary N) is 2. The summed E-state index contributed by atoms with van der Waals surface area (Å²) in [6, 6.07) is 4.48. The van der Waals surface area contributed by atoms with Crippen molar-refractivity contribution < 1.29 is 18.0 Å². The van der Waals surface area contributed by atoms with Gasteiger partial charge in [0.2, 0.25) is 0 Å². The van der Waals surface area contributed by atoms with Crippen molar-refractivity contribution >= 4 is 11.6 Å². The number of nitriles is 1. The molecule has 1 aromatic carbocycles. The molecule has 2 rings (SSSR count). The first-order valence-corrected chi connectivity index (χ1v) is 5.50. The van der Waals surface area contributed by atoms with Crippen molar-refractivity contribution in [3.8, 4) is 11.8 Å². The van der Waals surface area contributed by atoms with Crippen molar-refractivity contribution in [3.63, 3.8) is 0 Å². The maximum atomic E-state index is 12.9. The Hall–Kier alpha value is -3.02. The molecule has 0 saturated carbocycles. The molecule has 21 heavy (non-hydrogen) atoms. The lowest BCUT2D eigenvalue weighted by molar-refractivity contribution is -0.137. The van der Waals surface area contributed by atoms with Crippen LogP contribution >= 0.6 is 0 Å². The van der Waals surface area contributed by atoms with Crippen LogP contribution in [0.2, 0.25) is 0 Å². The van der Waals surface area contributed by atoms with E-state index in [9.17, 15) is 18.0 Å². The maximum absolute atomic E-state index is 12.9. The van der Waals surface area contributed by atoms with Crippen LogP contribution in [0.3, 0.4) is 0 Å². The molecule has 1 heterocycles. The van der Waals surface area contributed by atoms with E-state index in [1.165, 1.54) is 18.3 Å². The molecule has 0 spiro atoms. The molecular weight excluding hydrogens is 287 g/mol. The highest BCUT2D eigenvalue weighted by atomic mass is 19.4. The van der Waals surface area contributed by atoms with Crippen molar-refractivity contribution in [1.29, 1.82) is 5.26 Å². The van der Waals surface area contributed by atoms with Gasteiger partial charge in [0.05, 0.1) is 34.8 Å². The second-order valence-corrected chi connectivity index (χ2v) is 4.08. The molecule has 6 nitrogen and oxygen atoms in total. The SMILES string of the molecule is N#Cc1ccc(-n2cc(N)c(C(N)=O)n2)cc1C(F)(F)F. The molecule has 1 amide bonds. The van der Waals surface area contributed by atoms with Crippen LogP contribution in [0.15, 0.2) is 24.4 Å². The minimum absolute atomic E-state index is 0.000486. The molecular formula is C12H8F3N5O. The van der Waals surface area contributed by atoms with Crippen molar-refractivity contribution in [3.05, 3.63) is 41.2 Å². The molecule has 0 aliphatic heterocycles. The van der Waals surface area contributed by atoms with E-state index < -0.39 is 23.2 Å². The number of halogens is 3. The molecule has 0 fully saturated rings. The Morgan fingerprint density at radius 1 is 1.38 bits per heavy atom. The number of benzene rings is 1. The number of hydrogen-bond donors (Lipinski definition) is 2. The van der Waals surface area contributed by atoms with Crippen LogP contribution in [-0.2, 0) is 6.18 Å². The molecule has 0 atom stereocenters. The summed E-state index contributed by atoms with van der Waals surface area (Å²) in [6.45, 7) is 0. The highest BCUT2D eigenvalue weighted by molar-refractivity contribution is 5.95. The lowest BCUT2D eigenvalue weighted by atomic mass is 10.1. The molecule has 2 aromatic rings. The number of rotatable bonds is 2. The van der Waals surface area contributed by atoms with Gasteiger partial charge >= 0.3 is 6.18 Å². The van der Waals surface area contributed by atoms with Gasteiger partial charge < -0.3 is 11.5 Å². The van der Waals surface area contributed by atoms with E-state index in [-0.39, 0.29) is 17.1 Å². The summed E-state index contributed by atoms with van der Waals surface area (Å²) in [6.07, 6.45) is -3.52. The molecule has 0 bridgehead atoms. The summed E-state index contributed by atoms with van der Waals surface area (Å²) in [4.78, 5) is 11.0. The second kappa shape index (κ2) is 4.82. The first-order valence-electron chi connectivity index (χ1n) is 5.50. The number of alkyl halides is 3. The van der Waals surface area contributed by atoms with Gasteiger partial charge in [-0.25, -0.2) is 4.68 Å². The average molecular weight is 295 g/mol. The fourth-order valence-corrected chi connectivity index (χ4v) is 1.72. The first kappa shape index (κ1) is 14.4. The Bertz CT molecular complexity index is 757. The number of nitrogens with zero attached hydrogens (tertiary/aromatic N) is 3. The van der Waals surface area contributed by atoms with Crippen LogP contribution in [0.1, 0.15) is 21.6 Å². The minimum atomic E-state index is -4.69. The van der Waals surface area contributed by atoms with Crippen LogP contribution in [0.25, 0.3) is 5.69 Å². The standard InChI is InChI=1S/C12H8F3N5O/c13-12(14,15)8-3-7(2-1-6(8)4-16)20-5-9(17)10(19-20)11(18)21/h1-3,5H,17H2,(H2,18,21). The fourth-order valence-electron chi connectivity index (χ4n) is 1.72. The van der Waals surface area contributed by atoms with Crippen LogP contribution in [0.5, 0.6) is 0 Å². The normalized spacial score (nSPS) is 11.1. The van der Waals surface area contributed by atoms with Gasteiger partial charge in [-0.3, -0.25) is 4.79 Å². The largest absolute Gasteiger partial charge is 0.417 e. The zero-order chi connectivity index (χ0) is 15.8. The Kier molecular flexibility index (Phi) is 3.31. The highest BCUT2D eigenvalue weighted by Crippen LogP contribution is 2.33. The third kappa shape index (κ3) is 2.64. The number of amides is 1. The summed E-state index contributed by atoms with van der Waals surface area (Å²) in [7, 11) is 0. The number of carbonyl (C=O) groups is 1. The van der Waals surface area contributed by atoms with Crippen molar-refractivity contribution in [2.24, 2.45) is 5.73 Å². The van der Waals surface area contributed by atoms with E-state index in [2.05, 4.69) is 5.10 Å². The van der Waals surface area contributed by atoms with E-state index in [0.29, 0.717) is 0 Å². The number of hydrogen-bond acceptors (Lipinski definition) is 4. The molecule has 0 aliphatic carbocycles. The van der Waals surface area contributed by atoms with Gasteiger partial charge in [0, 0.05) is 0 Å². The molecule has 9 heteroatoms. The second-order valence-electron chi connectivity index (χ2n) is 4.08. The fraction of sp³-hybridized carbons (Fsp3) is 0.0833. The van der Waals surface area contributed by atoms with Gasteiger partial charge in [0.1, 0.15) is 0 Å². The van der Waals surface area contributed by atoms with Crippen LogP contribution in [-0.4, -0.2) is 15.7 Å². The van der Waals surface area contributed by atoms with E-state index in [4.69, 9.17) is 16.7 Å². The Morgan fingerprint density at radius 2 is 2.05 bits per heavy atom. The van der Waals surface area contributed by atoms with Gasteiger partial charge in [-0.1, -0.05) is 0 Å². The minimum Gasteiger partial charge on any atom is -0.396 e. The number of aromatic nitrogens is 2. The van der Waals surface area contributed by atoms with E-state index in [1.54, 1.807) is 0 Å². The summed E-state index contributed by atoms with van der Waals surface area (Å²) in [5.74, 6) is -0.893. The quantitative estimate of drug-likeness (QED) is 0.873. The van der Waals surface area contributed by atoms with Crippen molar-refractivity contribution in [2.75, 3.05) is 5.73 Å². The average Bonchev–Trinajstić information content (AvgIpc) is 2.79. The third-order valence-electron chi connectivity index (χ3n) is 2.67. The lowest BCUT2D eigenvalue weighted by Gasteiger charge is -2.10. The molecule has 0 unspecified atom stereocenters. The monoisotopic (exact) mass is 295 g/mol. The van der Waals surface area contributed by atoms with Crippen LogP contribution in [0, 0.1) is 11.3 Å². The van der Waals surface area contributed by atoms with Crippen LogP contribution in [0.4, 0.5) is 18.9 Å². The van der Waals surface area contributed by atoms with Gasteiger partial charge in [-0.15, -0.1) is 0 Å². The first-order chi connectivity index (χ1) is 9.74. The van der Waals surface area contributed by atoms with Gasteiger partial charge in [-0.2, -0.15) is 23.5 Å². The summed E-state index contributed by atoms with van der Waals surface area (Å²) in [5.41, 5.74) is 8.62. The van der Waals surface area contributed by atoms with E-state index in [0.717, 1.165) is 16.8 Å². The number of primary amides is 1. The molecule has 0 aliphatic rings. The van der Waals surface area contributed by atoms with Crippen LogP contribution < -0.4 is 11.5 Å². The smallest absolute Gasteiger partial charge is 0.396 e. The van der Waals surface area contributed by atoms with Gasteiger partial charge in [0.15, 0.2) is 5.69 Å². The van der Waals surface area contributed by atoms with Gasteiger partial charge in [-0.05, 0) is 18.2 Å². The molecule has 108 valence electrons. The predicted molar refractivity (Wildman–Crippen MR) is 66.2 cm³/mol. The number of nitrogen functional groups attached to an aromatic ring is 1. The molecule has 0 saturated heterocycles. The molecule has 0 radical (unpaired) electrons. The van der Waals surface area contributed by atoms with Crippen molar-refractivity contribution in [2.45, 2.75) is 6.18 Å². The van der Waals surface area contributed by atoms with E-state index in [1.807, 2.05) is 0 Å². The topological polar surface area (TPSA) is 111 Å². The molecule has 4 N–H and O–H groups in total. The molecule has 1 aromatic heterocycles. The summed E-state index contributed by atoms with van der Waals surface area (Å²) >= 11 is 0. The Labute approximate surface area is 116 Å². The summed E-state index contributed by atoms with van der Waals surface area (Å²) in [5, 5.41) is 12.4. The van der Waals surface area contributed by atoms with Gasteiger partial charge in [0.25, 0.3) is 5.91 Å². The Morgan fingerprint density at radius 3 is 2.52 bits per heavy atom.